The second-order valence-corrected chi connectivity index (χ2v) is 6.42. The lowest BCUT2D eigenvalue weighted by Crippen LogP contribution is -2.56. The maximum absolute atomic E-state index is 12.5. The first-order chi connectivity index (χ1) is 11.0. The van der Waals surface area contributed by atoms with Gasteiger partial charge >= 0.3 is 12.1 Å². The van der Waals surface area contributed by atoms with Gasteiger partial charge in [0, 0.05) is 51.2 Å². The summed E-state index contributed by atoms with van der Waals surface area (Å²) in [4.78, 5) is 34.3. The molecule has 2 aliphatic rings. The highest BCUT2D eigenvalue weighted by Gasteiger charge is 2.41. The Morgan fingerprint density at radius 3 is 2.91 bits per heavy atom. The van der Waals surface area contributed by atoms with Gasteiger partial charge in [-0.1, -0.05) is 6.07 Å². The molecule has 0 aliphatic carbocycles. The zero-order chi connectivity index (χ0) is 16.4. The van der Waals surface area contributed by atoms with Gasteiger partial charge in [0.15, 0.2) is 0 Å². The van der Waals surface area contributed by atoms with Gasteiger partial charge in [0.1, 0.15) is 0 Å². The molecule has 3 heterocycles. The van der Waals surface area contributed by atoms with Gasteiger partial charge in [0.05, 0.1) is 6.04 Å². The molecule has 1 atom stereocenters. The van der Waals surface area contributed by atoms with Gasteiger partial charge in [-0.05, 0) is 25.5 Å². The minimum atomic E-state index is -0.0437. The number of hydrogen-bond donors (Lipinski definition) is 1. The molecule has 23 heavy (non-hydrogen) atoms. The minimum absolute atomic E-state index is 0.0437. The molecule has 0 saturated carbocycles. The molecule has 4 amide bonds. The van der Waals surface area contributed by atoms with Crippen LogP contribution < -0.4 is 5.32 Å². The molecule has 0 bridgehead atoms. The third kappa shape index (κ3) is 3.38. The van der Waals surface area contributed by atoms with Gasteiger partial charge in [-0.2, -0.15) is 0 Å². The van der Waals surface area contributed by atoms with Crippen LogP contribution in [0.5, 0.6) is 0 Å². The first kappa shape index (κ1) is 15.6. The second-order valence-electron chi connectivity index (χ2n) is 6.42. The van der Waals surface area contributed by atoms with Crippen LogP contribution in [0, 0.1) is 0 Å². The zero-order valence-corrected chi connectivity index (χ0v) is 13.6. The quantitative estimate of drug-likeness (QED) is 0.908. The van der Waals surface area contributed by atoms with E-state index >= 15 is 0 Å². The van der Waals surface area contributed by atoms with Crippen molar-refractivity contribution in [3.05, 3.63) is 30.1 Å². The Morgan fingerprint density at radius 2 is 2.22 bits per heavy atom. The number of hydrogen-bond acceptors (Lipinski definition) is 3. The van der Waals surface area contributed by atoms with Gasteiger partial charge in [-0.15, -0.1) is 0 Å². The molecule has 7 heteroatoms. The molecule has 1 aromatic rings. The fourth-order valence-electron chi connectivity index (χ4n) is 3.14. The largest absolute Gasteiger partial charge is 0.336 e. The van der Waals surface area contributed by atoms with Gasteiger partial charge in [0.25, 0.3) is 0 Å². The summed E-state index contributed by atoms with van der Waals surface area (Å²) in [6.45, 7) is 6.89. The standard InChI is InChI=1S/C16H23N5O2/c1-12(2)18-15(22)19-6-7-21-14(10-19)11-20(16(21)23)9-13-4-3-5-17-8-13/h3-5,8,12,14H,6-7,9-11H2,1-2H3,(H,18,22)/t14-/m1/s1. The molecule has 2 fully saturated rings. The molecule has 0 unspecified atom stereocenters. The summed E-state index contributed by atoms with van der Waals surface area (Å²) in [5.74, 6) is 0. The lowest BCUT2D eigenvalue weighted by Gasteiger charge is -2.36. The summed E-state index contributed by atoms with van der Waals surface area (Å²) in [5, 5.41) is 2.92. The molecule has 3 rings (SSSR count). The number of carbonyl (C=O) groups excluding carboxylic acids is 2. The number of carbonyl (C=O) groups is 2. The van der Waals surface area contributed by atoms with Crippen LogP contribution in [-0.4, -0.2) is 70.0 Å². The maximum Gasteiger partial charge on any atom is 0.320 e. The summed E-state index contributed by atoms with van der Waals surface area (Å²) < 4.78 is 0. The number of pyridine rings is 1. The molecule has 2 saturated heterocycles. The fourth-order valence-corrected chi connectivity index (χ4v) is 3.14. The predicted octanol–water partition coefficient (Wildman–Crippen LogP) is 1.12. The molecular weight excluding hydrogens is 294 g/mol. The molecule has 0 aromatic carbocycles. The van der Waals surface area contributed by atoms with Crippen molar-refractivity contribution in [1.29, 1.82) is 0 Å². The number of nitrogens with one attached hydrogen (secondary N) is 1. The highest BCUT2D eigenvalue weighted by atomic mass is 16.2. The molecule has 124 valence electrons. The third-order valence-electron chi connectivity index (χ3n) is 4.23. The SMILES string of the molecule is CC(C)NC(=O)N1CCN2C(=O)N(Cc3cccnc3)C[C@H]2C1. The van der Waals surface area contributed by atoms with Crippen molar-refractivity contribution in [3.63, 3.8) is 0 Å². The van der Waals surface area contributed by atoms with Gasteiger partial charge < -0.3 is 20.0 Å². The van der Waals surface area contributed by atoms with E-state index in [1.54, 1.807) is 12.4 Å². The maximum atomic E-state index is 12.5. The average Bonchev–Trinajstić information content (AvgIpc) is 2.83. The molecular formula is C16H23N5O2. The topological polar surface area (TPSA) is 68.8 Å². The molecule has 7 nitrogen and oxygen atoms in total. The Labute approximate surface area is 136 Å². The van der Waals surface area contributed by atoms with E-state index in [0.717, 1.165) is 5.56 Å². The van der Waals surface area contributed by atoms with Crippen LogP contribution in [0.25, 0.3) is 0 Å². The average molecular weight is 317 g/mol. The van der Waals surface area contributed by atoms with Crippen LogP contribution in [0.2, 0.25) is 0 Å². The van der Waals surface area contributed by atoms with Crippen LogP contribution in [0.3, 0.4) is 0 Å². The van der Waals surface area contributed by atoms with Crippen LogP contribution in [-0.2, 0) is 6.54 Å². The fraction of sp³-hybridized carbons (Fsp3) is 0.562. The number of fused-ring (bicyclic) bond motifs is 1. The van der Waals surface area contributed by atoms with E-state index < -0.39 is 0 Å². The second kappa shape index (κ2) is 6.44. The normalized spacial score (nSPS) is 20.9. The number of urea groups is 2. The Bertz CT molecular complexity index is 577. The monoisotopic (exact) mass is 317 g/mol. The summed E-state index contributed by atoms with van der Waals surface area (Å²) in [7, 11) is 0. The summed E-state index contributed by atoms with van der Waals surface area (Å²) in [6, 6.07) is 4.06. The number of aromatic nitrogens is 1. The van der Waals surface area contributed by atoms with Crippen LogP contribution in [0.4, 0.5) is 9.59 Å². The van der Waals surface area contributed by atoms with E-state index in [4.69, 9.17) is 0 Å². The van der Waals surface area contributed by atoms with Crippen LogP contribution in [0.15, 0.2) is 24.5 Å². The molecule has 1 N–H and O–H groups in total. The van der Waals surface area contributed by atoms with Crippen molar-refractivity contribution >= 4 is 12.1 Å². The lowest BCUT2D eigenvalue weighted by atomic mass is 10.2. The summed E-state index contributed by atoms with van der Waals surface area (Å²) >= 11 is 0. The van der Waals surface area contributed by atoms with Gasteiger partial charge in [-0.3, -0.25) is 4.98 Å². The number of piperazine rings is 1. The van der Waals surface area contributed by atoms with Crippen molar-refractivity contribution in [2.75, 3.05) is 26.2 Å². The number of rotatable bonds is 3. The molecule has 0 spiro atoms. The summed E-state index contributed by atoms with van der Waals surface area (Å²) in [5.41, 5.74) is 1.02. The molecule has 0 radical (unpaired) electrons. The van der Waals surface area contributed by atoms with Crippen molar-refractivity contribution < 1.29 is 9.59 Å². The van der Waals surface area contributed by atoms with E-state index in [9.17, 15) is 9.59 Å². The van der Waals surface area contributed by atoms with Crippen molar-refractivity contribution in [1.82, 2.24) is 25.0 Å². The van der Waals surface area contributed by atoms with Crippen molar-refractivity contribution in [3.8, 4) is 0 Å². The first-order valence-corrected chi connectivity index (χ1v) is 8.04. The molecule has 1 aromatic heterocycles. The zero-order valence-electron chi connectivity index (χ0n) is 13.6. The number of amides is 4. The van der Waals surface area contributed by atoms with Gasteiger partial charge in [0.2, 0.25) is 0 Å². The van der Waals surface area contributed by atoms with Crippen LogP contribution >= 0.6 is 0 Å². The van der Waals surface area contributed by atoms with Crippen molar-refractivity contribution in [2.45, 2.75) is 32.5 Å². The predicted molar refractivity (Wildman–Crippen MR) is 85.8 cm³/mol. The number of nitrogens with zero attached hydrogens (tertiary/aromatic N) is 4. The smallest absolute Gasteiger partial charge is 0.320 e. The Kier molecular flexibility index (Phi) is 4.36. The summed E-state index contributed by atoms with van der Waals surface area (Å²) in [6.07, 6.45) is 3.51. The Balaban J connectivity index is 1.62. The van der Waals surface area contributed by atoms with E-state index in [1.165, 1.54) is 0 Å². The van der Waals surface area contributed by atoms with E-state index in [2.05, 4.69) is 10.3 Å². The highest BCUT2D eigenvalue weighted by molar-refractivity contribution is 5.79. The Morgan fingerprint density at radius 1 is 1.39 bits per heavy atom. The molecule has 2 aliphatic heterocycles. The first-order valence-electron chi connectivity index (χ1n) is 8.04. The minimum Gasteiger partial charge on any atom is -0.336 e. The van der Waals surface area contributed by atoms with E-state index in [-0.39, 0.29) is 24.1 Å². The van der Waals surface area contributed by atoms with E-state index in [1.807, 2.05) is 40.7 Å². The van der Waals surface area contributed by atoms with E-state index in [0.29, 0.717) is 32.7 Å². The highest BCUT2D eigenvalue weighted by Crippen LogP contribution is 2.22. The Hall–Kier alpha value is -2.31. The van der Waals surface area contributed by atoms with Crippen molar-refractivity contribution in [2.24, 2.45) is 0 Å². The third-order valence-corrected chi connectivity index (χ3v) is 4.23. The van der Waals surface area contributed by atoms with Crippen LogP contribution in [0.1, 0.15) is 19.4 Å². The van der Waals surface area contributed by atoms with Gasteiger partial charge in [-0.25, -0.2) is 9.59 Å². The lowest BCUT2D eigenvalue weighted by molar-refractivity contribution is 0.128.